The Balaban J connectivity index is 2.58. The second-order valence-electron chi connectivity index (χ2n) is 2.86. The highest BCUT2D eigenvalue weighted by molar-refractivity contribution is 9.10. The maximum absolute atomic E-state index is 11.1. The van der Waals surface area contributed by atoms with Gasteiger partial charge < -0.3 is 15.8 Å². The van der Waals surface area contributed by atoms with Crippen molar-refractivity contribution in [3.8, 4) is 0 Å². The zero-order valence-corrected chi connectivity index (χ0v) is 10.0. The summed E-state index contributed by atoms with van der Waals surface area (Å²) in [7, 11) is 0. The van der Waals surface area contributed by atoms with Crippen molar-refractivity contribution in [1.29, 1.82) is 0 Å². The maximum atomic E-state index is 11.1. The van der Waals surface area contributed by atoms with Gasteiger partial charge in [0.15, 0.2) is 0 Å². The number of nitrogens with two attached hydrogens (primary N) is 1. The summed E-state index contributed by atoms with van der Waals surface area (Å²) in [5.41, 5.74) is 7.09. The summed E-state index contributed by atoms with van der Waals surface area (Å²) in [6.45, 7) is 2.27. The van der Waals surface area contributed by atoms with Crippen LogP contribution < -0.4 is 11.1 Å². The van der Waals surface area contributed by atoms with Gasteiger partial charge in [-0.3, -0.25) is 4.79 Å². The van der Waals surface area contributed by atoms with Gasteiger partial charge >= 0.3 is 5.97 Å². The predicted octanol–water partition coefficient (Wildman–Crippen LogP) is 2.01. The number of hydrogen-bond acceptors (Lipinski definition) is 4. The summed E-state index contributed by atoms with van der Waals surface area (Å²) in [5.74, 6) is -0.295. The van der Waals surface area contributed by atoms with E-state index in [9.17, 15) is 4.79 Å². The molecule has 0 aliphatic heterocycles. The fraction of sp³-hybridized carbons (Fsp3) is 0.300. The molecule has 0 spiro atoms. The van der Waals surface area contributed by atoms with Gasteiger partial charge in [-0.2, -0.15) is 0 Å². The van der Waals surface area contributed by atoms with Crippen LogP contribution in [0, 0.1) is 0 Å². The van der Waals surface area contributed by atoms with Crippen LogP contribution in [0.15, 0.2) is 22.7 Å². The first-order valence-electron chi connectivity index (χ1n) is 4.58. The Morgan fingerprint density at radius 1 is 1.60 bits per heavy atom. The van der Waals surface area contributed by atoms with Gasteiger partial charge in [-0.25, -0.2) is 0 Å². The van der Waals surface area contributed by atoms with Gasteiger partial charge in [-0.1, -0.05) is 6.07 Å². The molecule has 0 atom stereocenters. The lowest BCUT2D eigenvalue weighted by atomic mass is 10.3. The number of nitrogens with one attached hydrogen (secondary N) is 1. The first-order chi connectivity index (χ1) is 7.15. The Morgan fingerprint density at radius 2 is 2.33 bits per heavy atom. The molecule has 0 heterocycles. The molecular formula is C10H13BrN2O2. The lowest BCUT2D eigenvalue weighted by Crippen LogP contribution is -2.17. The minimum Gasteiger partial charge on any atom is -0.465 e. The molecule has 0 saturated carbocycles. The summed E-state index contributed by atoms with van der Waals surface area (Å²) in [6.07, 6.45) is 0. The number of nitrogen functional groups attached to an aromatic ring is 1. The number of halogens is 1. The summed E-state index contributed by atoms with van der Waals surface area (Å²) in [5, 5.41) is 2.91. The van der Waals surface area contributed by atoms with E-state index in [4.69, 9.17) is 10.5 Å². The number of anilines is 2. The molecule has 0 aliphatic carbocycles. The quantitative estimate of drug-likeness (QED) is 0.650. The number of benzene rings is 1. The molecule has 0 aromatic heterocycles. The van der Waals surface area contributed by atoms with Crippen molar-refractivity contribution in [2.75, 3.05) is 24.2 Å². The van der Waals surface area contributed by atoms with Gasteiger partial charge in [-0.15, -0.1) is 0 Å². The van der Waals surface area contributed by atoms with Crippen LogP contribution in [0.1, 0.15) is 6.92 Å². The highest BCUT2D eigenvalue weighted by Crippen LogP contribution is 2.26. The molecule has 0 unspecified atom stereocenters. The van der Waals surface area contributed by atoms with Crippen LogP contribution in [0.5, 0.6) is 0 Å². The topological polar surface area (TPSA) is 64.3 Å². The summed E-state index contributed by atoms with van der Waals surface area (Å²) < 4.78 is 5.58. The average Bonchev–Trinajstić information content (AvgIpc) is 2.21. The van der Waals surface area contributed by atoms with Crippen LogP contribution in [0.2, 0.25) is 0 Å². The van der Waals surface area contributed by atoms with E-state index < -0.39 is 0 Å². The van der Waals surface area contributed by atoms with Gasteiger partial charge in [0, 0.05) is 4.47 Å². The smallest absolute Gasteiger partial charge is 0.325 e. The number of ether oxygens (including phenoxy) is 1. The standard InChI is InChI=1S/C10H13BrN2O2/c1-2-15-9(14)6-13-8-5-3-4-7(11)10(8)12/h3-5,13H,2,6,12H2,1H3. The van der Waals surface area contributed by atoms with E-state index in [-0.39, 0.29) is 12.5 Å². The van der Waals surface area contributed by atoms with Crippen LogP contribution in [0.4, 0.5) is 11.4 Å². The second kappa shape index (κ2) is 5.60. The number of rotatable bonds is 4. The van der Waals surface area contributed by atoms with Crippen LogP contribution in [-0.4, -0.2) is 19.1 Å². The van der Waals surface area contributed by atoms with Gasteiger partial charge in [0.05, 0.1) is 18.0 Å². The molecule has 1 aromatic rings. The molecule has 0 aliphatic rings. The molecule has 3 N–H and O–H groups in total. The summed E-state index contributed by atoms with van der Waals surface area (Å²) in [6, 6.07) is 5.48. The largest absolute Gasteiger partial charge is 0.465 e. The normalized spacial score (nSPS) is 9.73. The first-order valence-corrected chi connectivity index (χ1v) is 5.38. The molecule has 1 aromatic carbocycles. The molecule has 0 radical (unpaired) electrons. The van der Waals surface area contributed by atoms with Crippen molar-refractivity contribution in [3.05, 3.63) is 22.7 Å². The van der Waals surface area contributed by atoms with Crippen LogP contribution in [0.25, 0.3) is 0 Å². The van der Waals surface area contributed by atoms with Gasteiger partial charge in [-0.05, 0) is 35.0 Å². The molecule has 0 amide bonds. The minimum atomic E-state index is -0.295. The first kappa shape index (κ1) is 11.8. The number of hydrogen-bond donors (Lipinski definition) is 2. The third-order valence-electron chi connectivity index (χ3n) is 1.78. The third kappa shape index (κ3) is 3.43. The van der Waals surface area contributed by atoms with E-state index >= 15 is 0 Å². The Bertz CT molecular complexity index is 355. The fourth-order valence-corrected chi connectivity index (χ4v) is 1.44. The summed E-state index contributed by atoms with van der Waals surface area (Å²) >= 11 is 3.30. The molecule has 0 saturated heterocycles. The Kier molecular flexibility index (Phi) is 4.42. The van der Waals surface area contributed by atoms with Crippen molar-refractivity contribution in [2.45, 2.75) is 6.92 Å². The van der Waals surface area contributed by atoms with E-state index in [1.807, 2.05) is 12.1 Å². The van der Waals surface area contributed by atoms with E-state index in [1.165, 1.54) is 0 Å². The number of carbonyl (C=O) groups excluding carboxylic acids is 1. The lowest BCUT2D eigenvalue weighted by Gasteiger charge is -2.09. The van der Waals surface area contributed by atoms with Crippen LogP contribution >= 0.6 is 15.9 Å². The molecule has 82 valence electrons. The van der Waals surface area contributed by atoms with E-state index in [0.29, 0.717) is 12.3 Å². The van der Waals surface area contributed by atoms with Crippen LogP contribution in [0.3, 0.4) is 0 Å². The van der Waals surface area contributed by atoms with Gasteiger partial charge in [0.1, 0.15) is 6.54 Å². The van der Waals surface area contributed by atoms with Gasteiger partial charge in [0.2, 0.25) is 0 Å². The molecule has 15 heavy (non-hydrogen) atoms. The van der Waals surface area contributed by atoms with Crippen molar-refractivity contribution < 1.29 is 9.53 Å². The maximum Gasteiger partial charge on any atom is 0.325 e. The van der Waals surface area contributed by atoms with Crippen molar-refractivity contribution in [2.24, 2.45) is 0 Å². The third-order valence-corrected chi connectivity index (χ3v) is 2.47. The van der Waals surface area contributed by atoms with Crippen molar-refractivity contribution in [1.82, 2.24) is 0 Å². The number of carbonyl (C=O) groups is 1. The Morgan fingerprint density at radius 3 is 3.00 bits per heavy atom. The molecular weight excluding hydrogens is 260 g/mol. The molecule has 5 heteroatoms. The van der Waals surface area contributed by atoms with E-state index in [1.54, 1.807) is 13.0 Å². The van der Waals surface area contributed by atoms with Crippen molar-refractivity contribution in [3.63, 3.8) is 0 Å². The number of esters is 1. The number of para-hydroxylation sites is 1. The van der Waals surface area contributed by atoms with Crippen molar-refractivity contribution >= 4 is 33.3 Å². The zero-order chi connectivity index (χ0) is 11.3. The monoisotopic (exact) mass is 272 g/mol. The Labute approximate surface area is 96.9 Å². The molecule has 0 bridgehead atoms. The summed E-state index contributed by atoms with van der Waals surface area (Å²) in [4.78, 5) is 11.1. The highest BCUT2D eigenvalue weighted by atomic mass is 79.9. The highest BCUT2D eigenvalue weighted by Gasteiger charge is 2.05. The fourth-order valence-electron chi connectivity index (χ4n) is 1.07. The van der Waals surface area contributed by atoms with E-state index in [2.05, 4.69) is 21.2 Å². The minimum absolute atomic E-state index is 0.120. The molecule has 4 nitrogen and oxygen atoms in total. The lowest BCUT2D eigenvalue weighted by molar-refractivity contribution is -0.140. The Hall–Kier alpha value is -1.23. The SMILES string of the molecule is CCOC(=O)CNc1cccc(Br)c1N. The van der Waals surface area contributed by atoms with Gasteiger partial charge in [0.25, 0.3) is 0 Å². The second-order valence-corrected chi connectivity index (χ2v) is 3.71. The average molecular weight is 273 g/mol. The van der Waals surface area contributed by atoms with Crippen LogP contribution in [-0.2, 0) is 9.53 Å². The molecule has 1 rings (SSSR count). The molecule has 0 fully saturated rings. The van der Waals surface area contributed by atoms with E-state index in [0.717, 1.165) is 10.2 Å². The predicted molar refractivity (Wildman–Crippen MR) is 63.7 cm³/mol. The zero-order valence-electron chi connectivity index (χ0n) is 8.42.